The molecule has 4 nitrogen and oxygen atoms in total. The fraction of sp³-hybridized carbons (Fsp3) is 0.833. The Hall–Kier alpha value is -1.65. The van der Waals surface area contributed by atoms with Crippen LogP contribution in [-0.4, -0.2) is 34.9 Å². The topological polar surface area (TPSA) is 69.6 Å². The summed E-state index contributed by atoms with van der Waals surface area (Å²) in [5.41, 5.74) is 0. The Morgan fingerprint density at radius 1 is 0.414 bits per heavy atom. The van der Waals surface area contributed by atoms with Gasteiger partial charge in [0.05, 0.1) is 18.8 Å². The van der Waals surface area contributed by atoms with Crippen LogP contribution in [0.15, 0.2) is 48.6 Å². The van der Waals surface area contributed by atoms with E-state index in [4.69, 9.17) is 0 Å². The number of unbranched alkanes of at least 4 members (excludes halogenated alkanes) is 34. The van der Waals surface area contributed by atoms with Crippen LogP contribution < -0.4 is 5.32 Å². The van der Waals surface area contributed by atoms with Gasteiger partial charge in [0.2, 0.25) is 5.91 Å². The lowest BCUT2D eigenvalue weighted by atomic mass is 10.0. The Kier molecular flexibility index (Phi) is 48.3. The molecule has 0 aromatic carbocycles. The summed E-state index contributed by atoms with van der Waals surface area (Å²) in [5, 5.41) is 23.0. The van der Waals surface area contributed by atoms with E-state index in [-0.39, 0.29) is 12.5 Å². The fourth-order valence-corrected chi connectivity index (χ4v) is 7.81. The van der Waals surface area contributed by atoms with Crippen molar-refractivity contribution in [3.8, 4) is 0 Å². The highest BCUT2D eigenvalue weighted by molar-refractivity contribution is 5.76. The van der Waals surface area contributed by atoms with Crippen LogP contribution in [-0.2, 0) is 4.79 Å². The normalized spacial score (nSPS) is 13.2. The Balaban J connectivity index is 3.50. The molecule has 0 fully saturated rings. The smallest absolute Gasteiger partial charge is 0.220 e. The van der Waals surface area contributed by atoms with E-state index in [0.29, 0.717) is 6.42 Å². The number of amides is 1. The maximum absolute atomic E-state index is 12.4. The van der Waals surface area contributed by atoms with Crippen LogP contribution >= 0.6 is 0 Å². The fourth-order valence-electron chi connectivity index (χ4n) is 7.81. The number of carbonyl (C=O) groups is 1. The van der Waals surface area contributed by atoms with E-state index >= 15 is 0 Å². The minimum absolute atomic E-state index is 0.0728. The molecule has 0 spiro atoms. The van der Waals surface area contributed by atoms with E-state index < -0.39 is 12.1 Å². The van der Waals surface area contributed by atoms with Crippen LogP contribution in [0.5, 0.6) is 0 Å². The number of aliphatic hydroxyl groups excluding tert-OH is 2. The van der Waals surface area contributed by atoms with E-state index in [1.165, 1.54) is 212 Å². The average Bonchev–Trinajstić information content (AvgIpc) is 3.23. The van der Waals surface area contributed by atoms with Gasteiger partial charge >= 0.3 is 0 Å². The Morgan fingerprint density at radius 3 is 1.10 bits per heavy atom. The van der Waals surface area contributed by atoms with Crippen molar-refractivity contribution in [1.29, 1.82) is 0 Å². The van der Waals surface area contributed by atoms with E-state index in [2.05, 4.69) is 55.6 Å². The van der Waals surface area contributed by atoms with E-state index in [9.17, 15) is 15.0 Å². The summed E-state index contributed by atoms with van der Waals surface area (Å²) < 4.78 is 0. The summed E-state index contributed by atoms with van der Waals surface area (Å²) in [4.78, 5) is 12.4. The molecular weight excluding hydrogens is 711 g/mol. The van der Waals surface area contributed by atoms with Crippen molar-refractivity contribution in [2.75, 3.05) is 6.61 Å². The van der Waals surface area contributed by atoms with Crippen LogP contribution in [0.2, 0.25) is 0 Å². The second-order valence-electron chi connectivity index (χ2n) is 17.6. The first-order valence-electron chi connectivity index (χ1n) is 25.9. The minimum Gasteiger partial charge on any atom is -0.394 e. The Labute approximate surface area is 363 Å². The molecule has 4 heteroatoms. The van der Waals surface area contributed by atoms with Crippen molar-refractivity contribution in [1.82, 2.24) is 5.32 Å². The van der Waals surface area contributed by atoms with Gasteiger partial charge in [0.1, 0.15) is 0 Å². The van der Waals surface area contributed by atoms with Crippen molar-refractivity contribution < 1.29 is 15.0 Å². The van der Waals surface area contributed by atoms with Crippen LogP contribution in [0, 0.1) is 0 Å². The van der Waals surface area contributed by atoms with Gasteiger partial charge in [-0.05, 0) is 64.2 Å². The maximum atomic E-state index is 12.4. The number of hydrogen-bond donors (Lipinski definition) is 3. The molecule has 2 unspecified atom stereocenters. The van der Waals surface area contributed by atoms with Crippen molar-refractivity contribution >= 4 is 5.91 Å². The van der Waals surface area contributed by atoms with Crippen LogP contribution in [0.1, 0.15) is 271 Å². The number of aliphatic hydroxyl groups is 2. The highest BCUT2D eigenvalue weighted by Crippen LogP contribution is 2.16. The molecule has 0 heterocycles. The second kappa shape index (κ2) is 49.7. The SMILES string of the molecule is CCCCCCCCCCC/C=C\C/C=C\CCCCCCCCCCCCCCCCCC(=O)NC(CO)C(O)/C=C/CC/C=C/CCCCCCCCCCC. The Morgan fingerprint density at radius 2 is 0.724 bits per heavy atom. The molecule has 0 aromatic heterocycles. The Bertz CT molecular complexity index is 923. The van der Waals surface area contributed by atoms with Gasteiger partial charge in [-0.2, -0.15) is 0 Å². The number of allylic oxidation sites excluding steroid dienone is 7. The van der Waals surface area contributed by atoms with Gasteiger partial charge in [-0.1, -0.05) is 249 Å². The lowest BCUT2D eigenvalue weighted by molar-refractivity contribution is -0.123. The molecule has 0 rings (SSSR count). The average molecular weight is 812 g/mol. The summed E-state index contributed by atoms with van der Waals surface area (Å²) >= 11 is 0. The quantitative estimate of drug-likeness (QED) is 0.0423. The third kappa shape index (κ3) is 45.4. The van der Waals surface area contributed by atoms with Crippen molar-refractivity contribution in [2.24, 2.45) is 0 Å². The van der Waals surface area contributed by atoms with Crippen molar-refractivity contribution in [2.45, 2.75) is 283 Å². The molecule has 0 saturated heterocycles. The summed E-state index contributed by atoms with van der Waals surface area (Å²) in [7, 11) is 0. The zero-order valence-corrected chi connectivity index (χ0v) is 39.1. The van der Waals surface area contributed by atoms with Gasteiger partial charge in [-0.15, -0.1) is 0 Å². The largest absolute Gasteiger partial charge is 0.394 e. The molecule has 1 amide bonds. The third-order valence-electron chi connectivity index (χ3n) is 11.8. The third-order valence-corrected chi connectivity index (χ3v) is 11.8. The number of hydrogen-bond acceptors (Lipinski definition) is 3. The molecule has 0 aromatic rings. The molecule has 0 bridgehead atoms. The number of rotatable bonds is 47. The van der Waals surface area contributed by atoms with E-state index in [1.807, 2.05) is 6.08 Å². The van der Waals surface area contributed by atoms with Gasteiger partial charge < -0.3 is 15.5 Å². The van der Waals surface area contributed by atoms with Crippen LogP contribution in [0.4, 0.5) is 0 Å². The molecule has 2 atom stereocenters. The first-order valence-corrected chi connectivity index (χ1v) is 25.9. The molecule has 0 aliphatic heterocycles. The zero-order valence-electron chi connectivity index (χ0n) is 39.1. The first-order chi connectivity index (χ1) is 28.7. The van der Waals surface area contributed by atoms with Crippen molar-refractivity contribution in [3.05, 3.63) is 48.6 Å². The summed E-state index contributed by atoms with van der Waals surface area (Å²) in [5.74, 6) is -0.0728. The van der Waals surface area contributed by atoms with Crippen LogP contribution in [0.25, 0.3) is 0 Å². The van der Waals surface area contributed by atoms with Gasteiger partial charge in [0.25, 0.3) is 0 Å². The summed E-state index contributed by atoms with van der Waals surface area (Å²) in [6, 6.07) is -0.639. The lowest BCUT2D eigenvalue weighted by Crippen LogP contribution is -2.45. The molecule has 0 saturated carbocycles. The van der Waals surface area contributed by atoms with Gasteiger partial charge in [-0.25, -0.2) is 0 Å². The molecule has 3 N–H and O–H groups in total. The molecule has 0 radical (unpaired) electrons. The van der Waals surface area contributed by atoms with Crippen LogP contribution in [0.3, 0.4) is 0 Å². The second-order valence-corrected chi connectivity index (χ2v) is 17.6. The number of nitrogens with one attached hydrogen (secondary N) is 1. The maximum Gasteiger partial charge on any atom is 0.220 e. The minimum atomic E-state index is -0.862. The zero-order chi connectivity index (χ0) is 42.1. The molecule has 0 aliphatic rings. The van der Waals surface area contributed by atoms with Gasteiger partial charge in [0, 0.05) is 6.42 Å². The standard InChI is InChI=1S/C54H101NO3/c1-3-5-7-9-11-13-15-17-19-20-21-22-23-24-25-26-27-28-29-30-31-32-33-34-36-38-40-42-44-46-48-50-54(58)55-52(51-56)53(57)49-47-45-43-41-39-37-35-18-16-14-12-10-8-6-4-2/h21-22,24-25,39,41,47,49,52-53,56-57H,3-20,23,26-38,40,42-46,48,50-51H2,1-2H3,(H,55,58)/b22-21-,25-24-,41-39+,49-47+. The van der Waals surface area contributed by atoms with Gasteiger partial charge in [-0.3, -0.25) is 4.79 Å². The first kappa shape index (κ1) is 56.4. The molecule has 58 heavy (non-hydrogen) atoms. The number of carbonyl (C=O) groups excluding carboxylic acids is 1. The van der Waals surface area contributed by atoms with Gasteiger partial charge in [0.15, 0.2) is 0 Å². The molecule has 0 aliphatic carbocycles. The highest BCUT2D eigenvalue weighted by Gasteiger charge is 2.17. The lowest BCUT2D eigenvalue weighted by Gasteiger charge is -2.19. The summed E-state index contributed by atoms with van der Waals surface area (Å²) in [6.07, 6.45) is 68.3. The van der Waals surface area contributed by atoms with E-state index in [1.54, 1.807) is 6.08 Å². The molecular formula is C54H101NO3. The monoisotopic (exact) mass is 812 g/mol. The molecule has 340 valence electrons. The van der Waals surface area contributed by atoms with Crippen molar-refractivity contribution in [3.63, 3.8) is 0 Å². The predicted octanol–water partition coefficient (Wildman–Crippen LogP) is 16.7. The van der Waals surface area contributed by atoms with E-state index in [0.717, 1.165) is 38.5 Å². The highest BCUT2D eigenvalue weighted by atomic mass is 16.3. The summed E-state index contributed by atoms with van der Waals surface area (Å²) in [6.45, 7) is 4.30. The predicted molar refractivity (Wildman–Crippen MR) is 258 cm³/mol.